The van der Waals surface area contributed by atoms with E-state index < -0.39 is 0 Å². The molecule has 0 spiro atoms. The molecule has 0 aromatic heterocycles. The molecule has 0 amide bonds. The van der Waals surface area contributed by atoms with Crippen LogP contribution >= 0.6 is 0 Å². The van der Waals surface area contributed by atoms with Crippen LogP contribution in [0.1, 0.15) is 194 Å². The van der Waals surface area contributed by atoms with Crippen molar-refractivity contribution in [3.63, 3.8) is 0 Å². The number of hydrogen-bond donors (Lipinski definition) is 0. The van der Waals surface area contributed by atoms with E-state index >= 15 is 0 Å². The fourth-order valence-electron chi connectivity index (χ4n) is 4.80. The average molecular weight is 495 g/mol. The lowest BCUT2D eigenvalue weighted by molar-refractivity contribution is -0.159. The van der Waals surface area contributed by atoms with Crippen LogP contribution in [0.25, 0.3) is 0 Å². The Balaban J connectivity index is 3.29. The van der Waals surface area contributed by atoms with Gasteiger partial charge in [-0.2, -0.15) is 0 Å². The molecular formula is C32H62O3. The number of rotatable bonds is 28. The molecule has 0 atom stereocenters. The third-order valence-electron chi connectivity index (χ3n) is 7.20. The summed E-state index contributed by atoms with van der Waals surface area (Å²) in [4.78, 5) is 23.7. The van der Waals surface area contributed by atoms with Gasteiger partial charge in [-0.25, -0.2) is 0 Å². The van der Waals surface area contributed by atoms with Gasteiger partial charge in [-0.3, -0.25) is 9.59 Å². The smallest absolute Gasteiger partial charge is 0.313 e. The molecular weight excluding hydrogens is 432 g/mol. The second-order valence-corrected chi connectivity index (χ2v) is 10.8. The zero-order chi connectivity index (χ0) is 25.7. The Morgan fingerprint density at radius 1 is 0.343 bits per heavy atom. The molecule has 0 aliphatic carbocycles. The average Bonchev–Trinajstić information content (AvgIpc) is 2.85. The van der Waals surface area contributed by atoms with Gasteiger partial charge in [0.05, 0.1) is 0 Å². The molecule has 0 aromatic carbocycles. The van der Waals surface area contributed by atoms with Crippen molar-refractivity contribution < 1.29 is 14.3 Å². The molecule has 0 saturated carbocycles. The lowest BCUT2D eigenvalue weighted by Crippen LogP contribution is -2.11. The van der Waals surface area contributed by atoms with Crippen molar-refractivity contribution in [2.24, 2.45) is 0 Å². The Labute approximate surface area is 219 Å². The van der Waals surface area contributed by atoms with E-state index in [1.165, 1.54) is 141 Å². The van der Waals surface area contributed by atoms with E-state index in [2.05, 4.69) is 13.8 Å². The van der Waals surface area contributed by atoms with E-state index in [0.29, 0.717) is 12.8 Å². The molecule has 0 heterocycles. The van der Waals surface area contributed by atoms with Crippen LogP contribution in [0.3, 0.4) is 0 Å². The SMILES string of the molecule is CCCCCCCCCCCCCCCCC(=O)OC(=O)CCCCCCCCCCCCCC. The van der Waals surface area contributed by atoms with Gasteiger partial charge in [0.1, 0.15) is 0 Å². The molecule has 0 aliphatic rings. The van der Waals surface area contributed by atoms with Crippen LogP contribution in [0.15, 0.2) is 0 Å². The fourth-order valence-corrected chi connectivity index (χ4v) is 4.80. The molecule has 0 saturated heterocycles. The van der Waals surface area contributed by atoms with Gasteiger partial charge in [0.25, 0.3) is 0 Å². The summed E-state index contributed by atoms with van der Waals surface area (Å²) in [7, 11) is 0. The topological polar surface area (TPSA) is 43.4 Å². The monoisotopic (exact) mass is 494 g/mol. The molecule has 0 unspecified atom stereocenters. The summed E-state index contributed by atoms with van der Waals surface area (Å²) >= 11 is 0. The number of ether oxygens (including phenoxy) is 1. The second kappa shape index (κ2) is 29.4. The summed E-state index contributed by atoms with van der Waals surface area (Å²) in [5, 5.41) is 0. The number of carbonyl (C=O) groups is 2. The minimum absolute atomic E-state index is 0.326. The standard InChI is InChI=1S/C32H62O3/c1-3-5-7-9-11-13-15-17-18-20-22-24-26-28-30-32(34)35-31(33)29-27-25-23-21-19-16-14-12-10-8-6-4-2/h3-30H2,1-2H3. The normalized spacial score (nSPS) is 11.1. The van der Waals surface area contributed by atoms with E-state index in [0.717, 1.165) is 25.7 Å². The molecule has 0 radical (unpaired) electrons. The van der Waals surface area contributed by atoms with Gasteiger partial charge in [0.15, 0.2) is 0 Å². The van der Waals surface area contributed by atoms with E-state index in [9.17, 15) is 9.59 Å². The number of carbonyl (C=O) groups excluding carboxylic acids is 2. The zero-order valence-electron chi connectivity index (χ0n) is 24.0. The molecule has 3 heteroatoms. The summed E-state index contributed by atoms with van der Waals surface area (Å²) in [5.74, 6) is -0.652. The minimum Gasteiger partial charge on any atom is -0.393 e. The Morgan fingerprint density at radius 2 is 0.543 bits per heavy atom. The number of unbranched alkanes of at least 4 members (excludes halogenated alkanes) is 24. The number of hydrogen-bond acceptors (Lipinski definition) is 3. The van der Waals surface area contributed by atoms with Crippen molar-refractivity contribution in [1.82, 2.24) is 0 Å². The highest BCUT2D eigenvalue weighted by molar-refractivity contribution is 5.85. The van der Waals surface area contributed by atoms with Crippen molar-refractivity contribution in [3.8, 4) is 0 Å². The van der Waals surface area contributed by atoms with Gasteiger partial charge >= 0.3 is 11.9 Å². The molecule has 0 bridgehead atoms. The van der Waals surface area contributed by atoms with Gasteiger partial charge in [-0.15, -0.1) is 0 Å². The predicted molar refractivity (Wildman–Crippen MR) is 152 cm³/mol. The van der Waals surface area contributed by atoms with Gasteiger partial charge < -0.3 is 4.74 Å². The van der Waals surface area contributed by atoms with Gasteiger partial charge in [0, 0.05) is 12.8 Å². The Morgan fingerprint density at radius 3 is 0.771 bits per heavy atom. The largest absolute Gasteiger partial charge is 0.393 e. The molecule has 0 aromatic rings. The van der Waals surface area contributed by atoms with Crippen molar-refractivity contribution in [2.75, 3.05) is 0 Å². The quantitative estimate of drug-likeness (QED) is 0.0617. The lowest BCUT2D eigenvalue weighted by Gasteiger charge is -2.05. The van der Waals surface area contributed by atoms with Crippen molar-refractivity contribution in [3.05, 3.63) is 0 Å². The van der Waals surface area contributed by atoms with Crippen LogP contribution in [0, 0.1) is 0 Å². The summed E-state index contributed by atoms with van der Waals surface area (Å²) in [5.41, 5.74) is 0. The third kappa shape index (κ3) is 29.3. The van der Waals surface area contributed by atoms with Crippen LogP contribution in [0.5, 0.6) is 0 Å². The van der Waals surface area contributed by atoms with Crippen LogP contribution in [-0.2, 0) is 14.3 Å². The van der Waals surface area contributed by atoms with E-state index in [-0.39, 0.29) is 11.9 Å². The van der Waals surface area contributed by atoms with Gasteiger partial charge in [-0.1, -0.05) is 168 Å². The summed E-state index contributed by atoms with van der Waals surface area (Å²) in [6.07, 6.45) is 34.3. The summed E-state index contributed by atoms with van der Waals surface area (Å²) in [6, 6.07) is 0. The number of esters is 2. The van der Waals surface area contributed by atoms with E-state index in [4.69, 9.17) is 4.74 Å². The molecule has 3 nitrogen and oxygen atoms in total. The lowest BCUT2D eigenvalue weighted by atomic mass is 10.0. The first-order valence-electron chi connectivity index (χ1n) is 15.9. The molecule has 208 valence electrons. The highest BCUT2D eigenvalue weighted by Gasteiger charge is 2.09. The van der Waals surface area contributed by atoms with Gasteiger partial charge in [0.2, 0.25) is 0 Å². The summed E-state index contributed by atoms with van der Waals surface area (Å²) < 4.78 is 4.99. The fraction of sp³-hybridized carbons (Fsp3) is 0.938. The van der Waals surface area contributed by atoms with Crippen molar-refractivity contribution >= 4 is 11.9 Å². The highest BCUT2D eigenvalue weighted by Crippen LogP contribution is 2.15. The molecule has 0 rings (SSSR count). The highest BCUT2D eigenvalue weighted by atomic mass is 16.6. The van der Waals surface area contributed by atoms with Crippen LogP contribution in [0.2, 0.25) is 0 Å². The zero-order valence-corrected chi connectivity index (χ0v) is 24.0. The van der Waals surface area contributed by atoms with E-state index in [1.807, 2.05) is 0 Å². The first-order chi connectivity index (χ1) is 17.2. The first kappa shape index (κ1) is 34.1. The molecule has 35 heavy (non-hydrogen) atoms. The predicted octanol–water partition coefficient (Wildman–Crippen LogP) is 11.0. The second-order valence-electron chi connectivity index (χ2n) is 10.8. The molecule has 0 N–H and O–H groups in total. The van der Waals surface area contributed by atoms with Crippen LogP contribution < -0.4 is 0 Å². The molecule has 0 fully saturated rings. The van der Waals surface area contributed by atoms with Crippen molar-refractivity contribution in [2.45, 2.75) is 194 Å². The minimum atomic E-state index is -0.326. The van der Waals surface area contributed by atoms with Crippen molar-refractivity contribution in [1.29, 1.82) is 0 Å². The summed E-state index contributed by atoms with van der Waals surface area (Å²) in [6.45, 7) is 4.53. The maximum Gasteiger partial charge on any atom is 0.313 e. The van der Waals surface area contributed by atoms with Crippen LogP contribution in [-0.4, -0.2) is 11.9 Å². The maximum atomic E-state index is 11.8. The Hall–Kier alpha value is -0.860. The Bertz CT molecular complexity index is 446. The molecule has 0 aliphatic heterocycles. The Kier molecular flexibility index (Phi) is 28.6. The maximum absolute atomic E-state index is 11.8. The first-order valence-corrected chi connectivity index (χ1v) is 15.9. The van der Waals surface area contributed by atoms with E-state index in [1.54, 1.807) is 0 Å². The van der Waals surface area contributed by atoms with Crippen LogP contribution in [0.4, 0.5) is 0 Å². The van der Waals surface area contributed by atoms with Gasteiger partial charge in [-0.05, 0) is 12.8 Å². The third-order valence-corrected chi connectivity index (χ3v) is 7.20.